The van der Waals surface area contributed by atoms with Crippen LogP contribution in [0.15, 0.2) is 54.2 Å². The standard InChI is InChI=1S/C22H17N5O6S/c1-3-8-34-22-23-20-19(24-25-22)13-6-4-5-7-15(13)26(12(2)28)21(33-20)14-9-17-18(32-11-31-17)10-16(14)27(29)30/h3-7,9-10,21H,1,8,11H2,2H3/t21-/m1/s1. The molecule has 11 nitrogen and oxygen atoms in total. The van der Waals surface area contributed by atoms with E-state index < -0.39 is 17.1 Å². The summed E-state index contributed by atoms with van der Waals surface area (Å²) in [6.07, 6.45) is 0.468. The second kappa shape index (κ2) is 8.63. The molecule has 0 fully saturated rings. The maximum atomic E-state index is 12.9. The first-order valence-electron chi connectivity index (χ1n) is 10.1. The third-order valence-electron chi connectivity index (χ3n) is 5.17. The van der Waals surface area contributed by atoms with Crippen LogP contribution in [0.3, 0.4) is 0 Å². The second-order valence-corrected chi connectivity index (χ2v) is 8.23. The van der Waals surface area contributed by atoms with Crippen molar-refractivity contribution in [2.75, 3.05) is 17.4 Å². The molecule has 0 bridgehead atoms. The molecule has 12 heteroatoms. The van der Waals surface area contributed by atoms with Crippen LogP contribution >= 0.6 is 11.8 Å². The molecule has 0 aliphatic carbocycles. The molecule has 2 aliphatic rings. The zero-order chi connectivity index (χ0) is 23.8. The molecule has 172 valence electrons. The summed E-state index contributed by atoms with van der Waals surface area (Å²) in [4.78, 5) is 30.2. The Balaban J connectivity index is 1.74. The van der Waals surface area contributed by atoms with Crippen molar-refractivity contribution in [3.05, 3.63) is 64.7 Å². The number of benzene rings is 2. The number of thioether (sulfide) groups is 1. The lowest BCUT2D eigenvalue weighted by Crippen LogP contribution is -2.36. The summed E-state index contributed by atoms with van der Waals surface area (Å²) in [6.45, 7) is 4.97. The van der Waals surface area contributed by atoms with Gasteiger partial charge >= 0.3 is 0 Å². The summed E-state index contributed by atoms with van der Waals surface area (Å²) in [5, 5.41) is 20.8. The summed E-state index contributed by atoms with van der Waals surface area (Å²) in [5.74, 6) is 0.800. The van der Waals surface area contributed by atoms with E-state index in [0.29, 0.717) is 33.6 Å². The zero-order valence-corrected chi connectivity index (χ0v) is 18.7. The lowest BCUT2D eigenvalue weighted by atomic mass is 10.1. The van der Waals surface area contributed by atoms with E-state index in [2.05, 4.69) is 21.8 Å². The summed E-state index contributed by atoms with van der Waals surface area (Å²) in [5.41, 5.74) is 1.14. The van der Waals surface area contributed by atoms with Crippen molar-refractivity contribution >= 4 is 29.0 Å². The minimum absolute atomic E-state index is 0.0649. The van der Waals surface area contributed by atoms with Gasteiger partial charge in [-0.3, -0.25) is 19.8 Å². The number of rotatable bonds is 5. The first-order chi connectivity index (χ1) is 16.5. The van der Waals surface area contributed by atoms with Crippen LogP contribution in [0.25, 0.3) is 11.3 Å². The molecule has 0 N–H and O–H groups in total. The molecule has 0 unspecified atom stereocenters. The number of para-hydroxylation sites is 1. The minimum atomic E-state index is -1.23. The Morgan fingerprint density at radius 3 is 2.79 bits per heavy atom. The molecule has 0 saturated heterocycles. The average molecular weight is 479 g/mol. The van der Waals surface area contributed by atoms with E-state index in [0.717, 1.165) is 0 Å². The first kappa shape index (κ1) is 21.6. The van der Waals surface area contributed by atoms with Gasteiger partial charge in [-0.15, -0.1) is 16.8 Å². The highest BCUT2D eigenvalue weighted by molar-refractivity contribution is 7.99. The molecule has 1 atom stereocenters. The number of carbonyl (C=O) groups excluding carboxylic acids is 1. The number of aromatic nitrogens is 3. The van der Waals surface area contributed by atoms with E-state index in [9.17, 15) is 14.9 Å². The Morgan fingerprint density at radius 1 is 1.29 bits per heavy atom. The van der Waals surface area contributed by atoms with E-state index in [4.69, 9.17) is 14.2 Å². The van der Waals surface area contributed by atoms with Gasteiger partial charge in [-0.2, -0.15) is 4.98 Å². The van der Waals surface area contributed by atoms with Crippen molar-refractivity contribution in [3.63, 3.8) is 0 Å². The number of carbonyl (C=O) groups is 1. The van der Waals surface area contributed by atoms with Crippen LogP contribution in [-0.4, -0.2) is 38.6 Å². The van der Waals surface area contributed by atoms with Crippen LogP contribution in [0.5, 0.6) is 17.4 Å². The molecular formula is C22H17N5O6S. The quantitative estimate of drug-likeness (QED) is 0.230. The molecule has 1 aromatic heterocycles. The highest BCUT2D eigenvalue weighted by Gasteiger charge is 2.39. The smallest absolute Gasteiger partial charge is 0.282 e. The molecule has 0 radical (unpaired) electrons. The van der Waals surface area contributed by atoms with E-state index >= 15 is 0 Å². The lowest BCUT2D eigenvalue weighted by Gasteiger charge is -2.29. The fourth-order valence-electron chi connectivity index (χ4n) is 3.75. The van der Waals surface area contributed by atoms with Gasteiger partial charge in [-0.1, -0.05) is 36.0 Å². The molecule has 3 aromatic rings. The van der Waals surface area contributed by atoms with Gasteiger partial charge in [-0.05, 0) is 12.1 Å². The predicted octanol–water partition coefficient (Wildman–Crippen LogP) is 3.90. The maximum Gasteiger partial charge on any atom is 0.282 e. The normalized spacial score (nSPS) is 15.6. The van der Waals surface area contributed by atoms with Gasteiger partial charge in [0.15, 0.2) is 17.2 Å². The Morgan fingerprint density at radius 2 is 2.06 bits per heavy atom. The Bertz CT molecular complexity index is 1330. The van der Waals surface area contributed by atoms with Crippen molar-refractivity contribution in [2.45, 2.75) is 18.3 Å². The third-order valence-corrected chi connectivity index (χ3v) is 6.00. The number of ether oxygens (including phenoxy) is 3. The maximum absolute atomic E-state index is 12.9. The number of nitrogens with zero attached hydrogens (tertiary/aromatic N) is 5. The van der Waals surface area contributed by atoms with Crippen LogP contribution in [0.4, 0.5) is 11.4 Å². The van der Waals surface area contributed by atoms with E-state index in [1.807, 2.05) is 0 Å². The lowest BCUT2D eigenvalue weighted by molar-refractivity contribution is -0.386. The van der Waals surface area contributed by atoms with Crippen molar-refractivity contribution in [3.8, 4) is 28.6 Å². The highest BCUT2D eigenvalue weighted by Crippen LogP contribution is 2.47. The Labute approximate surface area is 197 Å². The van der Waals surface area contributed by atoms with Crippen molar-refractivity contribution < 1.29 is 23.9 Å². The first-order valence-corrected chi connectivity index (χ1v) is 11.1. The highest BCUT2D eigenvalue weighted by atomic mass is 32.2. The van der Waals surface area contributed by atoms with Crippen LogP contribution in [0.2, 0.25) is 0 Å². The monoisotopic (exact) mass is 479 g/mol. The van der Waals surface area contributed by atoms with Crippen LogP contribution in [0, 0.1) is 10.1 Å². The third kappa shape index (κ3) is 3.67. The van der Waals surface area contributed by atoms with E-state index in [-0.39, 0.29) is 29.7 Å². The van der Waals surface area contributed by atoms with Crippen molar-refractivity contribution in [1.29, 1.82) is 0 Å². The fourth-order valence-corrected chi connectivity index (χ4v) is 4.27. The van der Waals surface area contributed by atoms with E-state index in [1.165, 1.54) is 35.7 Å². The number of nitro groups is 1. The van der Waals surface area contributed by atoms with Gasteiger partial charge in [-0.25, -0.2) is 0 Å². The molecular weight excluding hydrogens is 462 g/mol. The van der Waals surface area contributed by atoms with E-state index in [1.54, 1.807) is 30.3 Å². The number of fused-ring (bicyclic) bond motifs is 4. The molecule has 1 amide bonds. The summed E-state index contributed by atoms with van der Waals surface area (Å²) in [7, 11) is 0. The largest absolute Gasteiger partial charge is 0.454 e. The van der Waals surface area contributed by atoms with Gasteiger partial charge in [0, 0.05) is 18.2 Å². The number of hydrogen-bond donors (Lipinski definition) is 0. The molecule has 0 saturated carbocycles. The molecule has 3 heterocycles. The van der Waals surface area contributed by atoms with Gasteiger partial charge in [0.2, 0.25) is 30.0 Å². The predicted molar refractivity (Wildman–Crippen MR) is 122 cm³/mol. The molecule has 34 heavy (non-hydrogen) atoms. The summed E-state index contributed by atoms with van der Waals surface area (Å²) in [6, 6.07) is 9.73. The SMILES string of the molecule is C=CCSc1nnc2c(n1)O[C@H](c1cc3c(cc1[N+](=O)[O-])OCO3)N(C(C)=O)c1ccccc1-2. The molecule has 5 rings (SSSR count). The molecule has 2 aliphatic heterocycles. The van der Waals surface area contributed by atoms with Gasteiger partial charge in [0.25, 0.3) is 5.69 Å². The average Bonchev–Trinajstić information content (AvgIpc) is 3.23. The second-order valence-electron chi connectivity index (χ2n) is 7.25. The van der Waals surface area contributed by atoms with Gasteiger partial charge < -0.3 is 14.2 Å². The number of nitro benzene ring substituents is 1. The minimum Gasteiger partial charge on any atom is -0.454 e. The van der Waals surface area contributed by atoms with Crippen LogP contribution in [0.1, 0.15) is 18.7 Å². The number of anilines is 1. The fraction of sp³-hybridized carbons (Fsp3) is 0.182. The Kier molecular flexibility index (Phi) is 5.49. The van der Waals surface area contributed by atoms with Crippen molar-refractivity contribution in [1.82, 2.24) is 15.2 Å². The van der Waals surface area contributed by atoms with Gasteiger partial charge in [0.05, 0.1) is 22.2 Å². The van der Waals surface area contributed by atoms with Gasteiger partial charge in [0.1, 0.15) is 0 Å². The topological polar surface area (TPSA) is 130 Å². The number of amides is 1. The summed E-state index contributed by atoms with van der Waals surface area (Å²) < 4.78 is 17.0. The zero-order valence-electron chi connectivity index (χ0n) is 17.8. The summed E-state index contributed by atoms with van der Waals surface area (Å²) >= 11 is 1.30. The number of hydrogen-bond acceptors (Lipinski definition) is 10. The molecule has 0 spiro atoms. The Hall–Kier alpha value is -4.19. The van der Waals surface area contributed by atoms with Crippen LogP contribution in [-0.2, 0) is 4.79 Å². The van der Waals surface area contributed by atoms with Crippen LogP contribution < -0.4 is 19.1 Å². The van der Waals surface area contributed by atoms with Crippen molar-refractivity contribution in [2.24, 2.45) is 0 Å². The molecule has 2 aromatic carbocycles.